The fourth-order valence-corrected chi connectivity index (χ4v) is 0.978. The van der Waals surface area contributed by atoms with E-state index in [0.717, 1.165) is 12.1 Å². The molecule has 1 rings (SSSR count). The summed E-state index contributed by atoms with van der Waals surface area (Å²) in [5, 5.41) is 10.3. The third kappa shape index (κ3) is 1.90. The van der Waals surface area contributed by atoms with Gasteiger partial charge < -0.3 is 0 Å². The molecule has 1 atom stereocenters. The number of nitro groups is 1. The topological polar surface area (TPSA) is 60.2 Å². The number of hydrogen-bond acceptors (Lipinski definition) is 3. The highest BCUT2D eigenvalue weighted by molar-refractivity contribution is 5.59. The smallest absolute Gasteiger partial charge is 0.295 e. The third-order valence-corrected chi connectivity index (χ3v) is 1.63. The van der Waals surface area contributed by atoms with E-state index in [9.17, 15) is 23.7 Å². The molecule has 0 aromatic heterocycles. The summed E-state index contributed by atoms with van der Waals surface area (Å²) in [4.78, 5) is 19.6. The van der Waals surface area contributed by atoms with Gasteiger partial charge in [-0.25, -0.2) is 8.78 Å². The lowest BCUT2D eigenvalue weighted by molar-refractivity contribution is -0.511. The summed E-state index contributed by atoms with van der Waals surface area (Å²) in [6, 6.07) is 0.341. The van der Waals surface area contributed by atoms with Gasteiger partial charge in [0.05, 0.1) is 5.56 Å². The van der Waals surface area contributed by atoms with Gasteiger partial charge in [-0.1, -0.05) is 0 Å². The van der Waals surface area contributed by atoms with E-state index in [-0.39, 0.29) is 6.29 Å². The molecule has 0 heterocycles. The van der Waals surface area contributed by atoms with Crippen molar-refractivity contribution in [2.24, 2.45) is 0 Å². The summed E-state index contributed by atoms with van der Waals surface area (Å²) in [6.45, 7) is 0. The normalized spacial score (nSPS) is 12.1. The highest BCUT2D eigenvalue weighted by atomic mass is 19.1. The van der Waals surface area contributed by atoms with Gasteiger partial charge in [0.15, 0.2) is 6.29 Å². The number of carbonyl (C=O) groups is 1. The van der Waals surface area contributed by atoms with E-state index >= 15 is 0 Å². The van der Waals surface area contributed by atoms with Crippen LogP contribution in [-0.4, -0.2) is 11.2 Å². The highest BCUT2D eigenvalue weighted by Crippen LogP contribution is 2.19. The molecule has 0 fully saturated rings. The molecule has 6 heteroatoms. The molecule has 0 N–H and O–H groups in total. The SMILES string of the molecule is O=CC(c1cc(F)ccc1F)[N+](=O)[O-]. The van der Waals surface area contributed by atoms with E-state index in [1.165, 1.54) is 0 Å². The van der Waals surface area contributed by atoms with Crippen molar-refractivity contribution in [3.05, 3.63) is 45.5 Å². The second kappa shape index (κ2) is 3.91. The average molecular weight is 201 g/mol. The molecule has 0 saturated heterocycles. The molecule has 0 spiro atoms. The molecule has 0 bridgehead atoms. The van der Waals surface area contributed by atoms with Gasteiger partial charge in [0, 0.05) is 4.92 Å². The molecule has 1 unspecified atom stereocenters. The van der Waals surface area contributed by atoms with Crippen LogP contribution in [0.1, 0.15) is 11.6 Å². The van der Waals surface area contributed by atoms with E-state index in [2.05, 4.69) is 0 Å². The maximum atomic E-state index is 12.9. The van der Waals surface area contributed by atoms with Crippen LogP contribution in [0.2, 0.25) is 0 Å². The van der Waals surface area contributed by atoms with Gasteiger partial charge in [0.2, 0.25) is 0 Å². The number of nitrogens with zero attached hydrogens (tertiary/aromatic N) is 1. The summed E-state index contributed by atoms with van der Waals surface area (Å²) < 4.78 is 25.5. The van der Waals surface area contributed by atoms with Crippen LogP contribution in [0.15, 0.2) is 18.2 Å². The highest BCUT2D eigenvalue weighted by Gasteiger charge is 2.25. The van der Waals surface area contributed by atoms with Crippen molar-refractivity contribution >= 4 is 6.29 Å². The summed E-state index contributed by atoms with van der Waals surface area (Å²) in [5.41, 5.74) is -0.565. The minimum absolute atomic E-state index is 0.0438. The lowest BCUT2D eigenvalue weighted by atomic mass is 10.1. The lowest BCUT2D eigenvalue weighted by Crippen LogP contribution is -2.13. The van der Waals surface area contributed by atoms with Crippen LogP contribution in [0.3, 0.4) is 0 Å². The first kappa shape index (κ1) is 10.2. The summed E-state index contributed by atoms with van der Waals surface area (Å²) >= 11 is 0. The van der Waals surface area contributed by atoms with Crippen LogP contribution >= 0.6 is 0 Å². The molecule has 1 aromatic carbocycles. The van der Waals surface area contributed by atoms with Gasteiger partial charge in [-0.2, -0.15) is 0 Å². The number of hydrogen-bond donors (Lipinski definition) is 0. The van der Waals surface area contributed by atoms with Crippen molar-refractivity contribution in [2.45, 2.75) is 6.04 Å². The summed E-state index contributed by atoms with van der Waals surface area (Å²) in [7, 11) is 0. The van der Waals surface area contributed by atoms with Crippen LogP contribution in [0.25, 0.3) is 0 Å². The number of rotatable bonds is 3. The van der Waals surface area contributed by atoms with E-state index < -0.39 is 28.2 Å². The Hall–Kier alpha value is -1.85. The molecule has 0 aliphatic rings. The molecule has 1 aromatic rings. The van der Waals surface area contributed by atoms with Gasteiger partial charge in [0.25, 0.3) is 6.04 Å². The maximum absolute atomic E-state index is 12.9. The predicted molar refractivity (Wildman–Crippen MR) is 42.2 cm³/mol. The van der Waals surface area contributed by atoms with E-state index in [4.69, 9.17) is 0 Å². The minimum Gasteiger partial charge on any atom is -0.295 e. The van der Waals surface area contributed by atoms with Gasteiger partial charge in [-0.3, -0.25) is 14.9 Å². The monoisotopic (exact) mass is 201 g/mol. The van der Waals surface area contributed by atoms with Crippen molar-refractivity contribution in [3.63, 3.8) is 0 Å². The zero-order valence-corrected chi connectivity index (χ0v) is 6.81. The molecule has 74 valence electrons. The number of carbonyl (C=O) groups excluding carboxylic acids is 1. The molecular weight excluding hydrogens is 196 g/mol. The Labute approximate surface area is 77.3 Å². The first-order valence-electron chi connectivity index (χ1n) is 3.60. The molecule has 0 amide bonds. The minimum atomic E-state index is -1.86. The Balaban J connectivity index is 3.21. The third-order valence-electron chi connectivity index (χ3n) is 1.63. The van der Waals surface area contributed by atoms with Crippen LogP contribution in [0.5, 0.6) is 0 Å². The Bertz CT molecular complexity index is 381. The van der Waals surface area contributed by atoms with Gasteiger partial charge in [-0.05, 0) is 18.2 Å². The molecule has 14 heavy (non-hydrogen) atoms. The summed E-state index contributed by atoms with van der Waals surface area (Å²) in [6.07, 6.45) is -0.0438. The Morgan fingerprint density at radius 3 is 2.57 bits per heavy atom. The first-order chi connectivity index (χ1) is 6.56. The fourth-order valence-electron chi connectivity index (χ4n) is 0.978. The van der Waals surface area contributed by atoms with E-state index in [1.807, 2.05) is 0 Å². The van der Waals surface area contributed by atoms with Crippen LogP contribution in [0.4, 0.5) is 8.78 Å². The van der Waals surface area contributed by atoms with Crippen molar-refractivity contribution < 1.29 is 18.5 Å². The second-order valence-corrected chi connectivity index (χ2v) is 2.53. The largest absolute Gasteiger partial charge is 0.295 e. The molecule has 0 radical (unpaired) electrons. The number of benzene rings is 1. The maximum Gasteiger partial charge on any atom is 0.295 e. The van der Waals surface area contributed by atoms with Gasteiger partial charge in [-0.15, -0.1) is 0 Å². The lowest BCUT2D eigenvalue weighted by Gasteiger charge is -2.03. The van der Waals surface area contributed by atoms with Crippen molar-refractivity contribution in [2.75, 3.05) is 0 Å². The molecule has 4 nitrogen and oxygen atoms in total. The predicted octanol–water partition coefficient (Wildman–Crippen LogP) is 1.48. The average Bonchev–Trinajstić information content (AvgIpc) is 2.11. The molecule has 0 aliphatic carbocycles. The van der Waals surface area contributed by atoms with E-state index in [0.29, 0.717) is 6.07 Å². The molecular formula is C8H5F2NO3. The number of aldehydes is 1. The quantitative estimate of drug-likeness (QED) is 0.422. The van der Waals surface area contributed by atoms with Crippen molar-refractivity contribution in [3.8, 4) is 0 Å². The van der Waals surface area contributed by atoms with E-state index in [1.54, 1.807) is 0 Å². The fraction of sp³-hybridized carbons (Fsp3) is 0.125. The zero-order valence-electron chi connectivity index (χ0n) is 6.81. The van der Waals surface area contributed by atoms with Crippen LogP contribution in [-0.2, 0) is 4.79 Å². The zero-order chi connectivity index (χ0) is 10.7. The van der Waals surface area contributed by atoms with Crippen LogP contribution < -0.4 is 0 Å². The second-order valence-electron chi connectivity index (χ2n) is 2.53. The summed E-state index contributed by atoms with van der Waals surface area (Å²) in [5.74, 6) is -1.80. The van der Waals surface area contributed by atoms with Crippen molar-refractivity contribution in [1.29, 1.82) is 0 Å². The van der Waals surface area contributed by atoms with Crippen molar-refractivity contribution in [1.82, 2.24) is 0 Å². The van der Waals surface area contributed by atoms with Gasteiger partial charge in [0.1, 0.15) is 11.6 Å². The first-order valence-corrected chi connectivity index (χ1v) is 3.60. The Kier molecular flexibility index (Phi) is 2.85. The standard InChI is InChI=1S/C8H5F2NO3/c9-5-1-2-7(10)6(3-5)8(4-12)11(13)14/h1-4,8H. The molecule has 0 saturated carbocycles. The number of halogens is 2. The molecule has 0 aliphatic heterocycles. The Morgan fingerprint density at radius 2 is 2.07 bits per heavy atom. The van der Waals surface area contributed by atoms with Crippen LogP contribution in [0, 0.1) is 21.7 Å². The Morgan fingerprint density at radius 1 is 1.43 bits per heavy atom. The van der Waals surface area contributed by atoms with Gasteiger partial charge >= 0.3 is 0 Å².